The Kier molecular flexibility index (Phi) is 6.87. The van der Waals surface area contributed by atoms with Gasteiger partial charge < -0.3 is 29.7 Å². The molecule has 0 aliphatic carbocycles. The molecule has 4 amide bonds. The molecule has 0 radical (unpaired) electrons. The summed E-state index contributed by atoms with van der Waals surface area (Å²) in [4.78, 5) is 71.8. The fraction of sp³-hybridized carbons (Fsp3) is 0.773. The van der Waals surface area contributed by atoms with Crippen LogP contribution in [0.1, 0.15) is 39.0 Å². The summed E-state index contributed by atoms with van der Waals surface area (Å²) < 4.78 is 5.34. The first-order chi connectivity index (χ1) is 15.8. The number of esters is 1. The van der Waals surface area contributed by atoms with Crippen LogP contribution in [0.4, 0.5) is 0 Å². The van der Waals surface area contributed by atoms with Gasteiger partial charge in [0.25, 0.3) is 0 Å². The molecule has 33 heavy (non-hydrogen) atoms. The number of fused-ring (bicyclic) bond motifs is 3. The lowest BCUT2D eigenvalue weighted by Gasteiger charge is -2.41. The number of cyclic esters (lactones) is 1. The molecule has 182 valence electrons. The molecule has 0 aromatic carbocycles. The van der Waals surface area contributed by atoms with E-state index in [0.717, 1.165) is 0 Å². The first-order valence-corrected chi connectivity index (χ1v) is 11.8. The van der Waals surface area contributed by atoms with Crippen LogP contribution in [0.3, 0.4) is 0 Å². The topological polar surface area (TPSA) is 120 Å². The van der Waals surface area contributed by atoms with Crippen LogP contribution in [0, 0.1) is 0 Å². The van der Waals surface area contributed by atoms with E-state index in [9.17, 15) is 24.0 Å². The van der Waals surface area contributed by atoms with Crippen LogP contribution in [0.2, 0.25) is 0 Å². The zero-order valence-corrected chi connectivity index (χ0v) is 19.3. The molecule has 0 aromatic rings. The third kappa shape index (κ3) is 4.68. The zero-order chi connectivity index (χ0) is 23.7. The van der Waals surface area contributed by atoms with Gasteiger partial charge in [-0.25, -0.2) is 4.79 Å². The van der Waals surface area contributed by atoms with Gasteiger partial charge in [0.05, 0.1) is 6.42 Å². The van der Waals surface area contributed by atoms with Crippen molar-refractivity contribution >= 4 is 29.6 Å². The maximum absolute atomic E-state index is 13.5. The van der Waals surface area contributed by atoms with Gasteiger partial charge in [0.2, 0.25) is 23.6 Å². The molecule has 4 saturated heterocycles. The molecule has 0 saturated carbocycles. The average molecular weight is 464 g/mol. The summed E-state index contributed by atoms with van der Waals surface area (Å²) in [6, 6.07) is -2.92. The van der Waals surface area contributed by atoms with Crippen molar-refractivity contribution in [1.82, 2.24) is 24.9 Å². The molecule has 1 N–H and O–H groups in total. The smallest absolute Gasteiger partial charge is 0.328 e. The van der Waals surface area contributed by atoms with E-state index in [4.69, 9.17) is 4.74 Å². The molecule has 11 heteroatoms. The predicted molar refractivity (Wildman–Crippen MR) is 116 cm³/mol. The van der Waals surface area contributed by atoms with E-state index in [0.29, 0.717) is 58.4 Å². The fourth-order valence-electron chi connectivity index (χ4n) is 5.30. The maximum atomic E-state index is 13.5. The second kappa shape index (κ2) is 9.66. The summed E-state index contributed by atoms with van der Waals surface area (Å²) in [7, 11) is 1.88. The van der Waals surface area contributed by atoms with Crippen LogP contribution in [0.5, 0.6) is 0 Å². The molecular weight excluding hydrogens is 430 g/mol. The van der Waals surface area contributed by atoms with Crippen LogP contribution in [0.25, 0.3) is 0 Å². The standard InChI is InChI=1S/C22H33N5O6/c1-14-20(30)26-9-4-6-16(26)22(32)33-12-7-18(28)25-8-3-5-15(25)21(31)27-11-10-24(2)13-17(27)19(29)23-14/h14-17H,3-13H2,1-2H3,(H,23,29)/t14?,15-,16?,17?/m0/s1. The summed E-state index contributed by atoms with van der Waals surface area (Å²) in [6.07, 6.45) is 2.38. The highest BCUT2D eigenvalue weighted by Gasteiger charge is 2.43. The Labute approximate surface area is 193 Å². The van der Waals surface area contributed by atoms with E-state index in [-0.39, 0.29) is 30.7 Å². The van der Waals surface area contributed by atoms with Crippen molar-refractivity contribution in [2.75, 3.05) is 46.4 Å². The van der Waals surface area contributed by atoms with Crippen molar-refractivity contribution in [3.8, 4) is 0 Å². The van der Waals surface area contributed by atoms with Crippen LogP contribution < -0.4 is 5.32 Å². The second-order valence-corrected chi connectivity index (χ2v) is 9.39. The molecule has 4 aliphatic rings. The molecule has 0 bridgehead atoms. The van der Waals surface area contributed by atoms with Gasteiger partial charge in [-0.15, -0.1) is 0 Å². The van der Waals surface area contributed by atoms with E-state index in [1.165, 1.54) is 4.90 Å². The fourth-order valence-corrected chi connectivity index (χ4v) is 5.30. The van der Waals surface area contributed by atoms with Crippen molar-refractivity contribution in [3.05, 3.63) is 0 Å². The Morgan fingerprint density at radius 3 is 2.24 bits per heavy atom. The number of amides is 4. The van der Waals surface area contributed by atoms with Gasteiger partial charge in [-0.3, -0.25) is 19.2 Å². The number of hydrogen-bond acceptors (Lipinski definition) is 7. The average Bonchev–Trinajstić information content (AvgIpc) is 3.47. The van der Waals surface area contributed by atoms with Crippen LogP contribution in [-0.2, 0) is 28.7 Å². The molecule has 0 spiro atoms. The molecule has 4 atom stereocenters. The number of rotatable bonds is 0. The molecule has 11 nitrogen and oxygen atoms in total. The number of hydrogen-bond donors (Lipinski definition) is 1. The minimum absolute atomic E-state index is 0.0146. The SMILES string of the molecule is CC1NC(=O)C2CN(C)CCN2C(=O)[C@@H]2CCCN2C(=O)CCOC(=O)C2CCCN2C1=O. The Morgan fingerprint density at radius 1 is 0.818 bits per heavy atom. The molecule has 4 heterocycles. The van der Waals surface area contributed by atoms with Gasteiger partial charge in [0.15, 0.2) is 0 Å². The number of nitrogens with one attached hydrogen (secondary N) is 1. The lowest BCUT2D eigenvalue weighted by atomic mass is 10.1. The third-order valence-corrected chi connectivity index (χ3v) is 7.12. The minimum atomic E-state index is -0.840. The summed E-state index contributed by atoms with van der Waals surface area (Å²) in [5.74, 6) is -1.77. The Bertz CT molecular complexity index is 834. The maximum Gasteiger partial charge on any atom is 0.328 e. The summed E-state index contributed by atoms with van der Waals surface area (Å²) in [5.41, 5.74) is 0. The van der Waals surface area contributed by atoms with Crippen LogP contribution >= 0.6 is 0 Å². The Balaban J connectivity index is 1.62. The molecule has 3 unspecified atom stereocenters. The van der Waals surface area contributed by atoms with E-state index in [1.54, 1.807) is 16.7 Å². The summed E-state index contributed by atoms with van der Waals surface area (Å²) >= 11 is 0. The quantitative estimate of drug-likeness (QED) is 0.437. The number of ether oxygens (including phenoxy) is 1. The lowest BCUT2D eigenvalue weighted by Crippen LogP contribution is -2.64. The van der Waals surface area contributed by atoms with Gasteiger partial charge in [-0.1, -0.05) is 0 Å². The molecule has 0 aromatic heterocycles. The first-order valence-electron chi connectivity index (χ1n) is 11.8. The molecular formula is C22H33N5O6. The van der Waals surface area contributed by atoms with Gasteiger partial charge in [-0.2, -0.15) is 0 Å². The summed E-state index contributed by atoms with van der Waals surface area (Å²) in [6.45, 7) is 3.73. The number of likely N-dealkylation sites (N-methyl/N-ethyl adjacent to an activating group) is 1. The minimum Gasteiger partial charge on any atom is -0.464 e. The van der Waals surface area contributed by atoms with E-state index >= 15 is 0 Å². The van der Waals surface area contributed by atoms with Gasteiger partial charge >= 0.3 is 5.97 Å². The second-order valence-electron chi connectivity index (χ2n) is 9.39. The van der Waals surface area contributed by atoms with E-state index in [1.807, 2.05) is 11.9 Å². The largest absolute Gasteiger partial charge is 0.464 e. The molecule has 4 fully saturated rings. The van der Waals surface area contributed by atoms with Crippen LogP contribution in [0.15, 0.2) is 0 Å². The first kappa shape index (κ1) is 23.5. The number of carbonyl (C=O) groups excluding carboxylic acids is 5. The zero-order valence-electron chi connectivity index (χ0n) is 19.3. The van der Waals surface area contributed by atoms with Gasteiger partial charge in [-0.05, 0) is 39.7 Å². The van der Waals surface area contributed by atoms with Crippen molar-refractivity contribution in [3.63, 3.8) is 0 Å². The highest BCUT2D eigenvalue weighted by Crippen LogP contribution is 2.24. The van der Waals surface area contributed by atoms with Crippen molar-refractivity contribution in [1.29, 1.82) is 0 Å². The number of piperazine rings is 1. The number of carbonyl (C=O) groups is 5. The number of nitrogens with zero attached hydrogens (tertiary/aromatic N) is 4. The van der Waals surface area contributed by atoms with Gasteiger partial charge in [0.1, 0.15) is 30.8 Å². The van der Waals surface area contributed by atoms with E-state index in [2.05, 4.69) is 5.32 Å². The van der Waals surface area contributed by atoms with Crippen molar-refractivity contribution in [2.24, 2.45) is 0 Å². The third-order valence-electron chi connectivity index (χ3n) is 7.12. The van der Waals surface area contributed by atoms with Crippen LogP contribution in [-0.4, -0.2) is 120 Å². The van der Waals surface area contributed by atoms with Crippen molar-refractivity contribution in [2.45, 2.75) is 63.2 Å². The highest BCUT2D eigenvalue weighted by molar-refractivity contribution is 5.95. The summed E-state index contributed by atoms with van der Waals surface area (Å²) in [5, 5.41) is 2.76. The Hall–Kier alpha value is -2.69. The van der Waals surface area contributed by atoms with Crippen molar-refractivity contribution < 1.29 is 28.7 Å². The molecule has 4 aliphatic heterocycles. The van der Waals surface area contributed by atoms with Gasteiger partial charge in [0, 0.05) is 32.7 Å². The highest BCUT2D eigenvalue weighted by atomic mass is 16.5. The lowest BCUT2D eigenvalue weighted by molar-refractivity contribution is -0.157. The van der Waals surface area contributed by atoms with E-state index < -0.39 is 36.0 Å². The predicted octanol–water partition coefficient (Wildman–Crippen LogP) is -1.44. The molecule has 4 rings (SSSR count). The normalized spacial score (nSPS) is 32.9. The Morgan fingerprint density at radius 2 is 1.48 bits per heavy atom. The monoisotopic (exact) mass is 463 g/mol.